The topological polar surface area (TPSA) is 117 Å². The molecule has 3 N–H and O–H groups in total. The van der Waals surface area contributed by atoms with Gasteiger partial charge in [0.2, 0.25) is 5.88 Å². The maximum absolute atomic E-state index is 11.5. The number of hydrogen-bond acceptors (Lipinski definition) is 8. The summed E-state index contributed by atoms with van der Waals surface area (Å²) in [5.41, 5.74) is 5.68. The number of nitrogens with zero attached hydrogens (tertiary/aromatic N) is 2. The van der Waals surface area contributed by atoms with E-state index in [9.17, 15) is 9.90 Å². The van der Waals surface area contributed by atoms with Gasteiger partial charge in [0.05, 0.1) is 31.0 Å². The van der Waals surface area contributed by atoms with Crippen molar-refractivity contribution in [2.75, 3.05) is 38.7 Å². The number of para-hydroxylation sites is 1. The first-order chi connectivity index (χ1) is 20.2. The molecule has 0 amide bonds. The molecule has 42 heavy (non-hydrogen) atoms. The van der Waals surface area contributed by atoms with Gasteiger partial charge in [0.15, 0.2) is 0 Å². The largest absolute Gasteiger partial charge is 0.488 e. The van der Waals surface area contributed by atoms with Gasteiger partial charge < -0.3 is 30.0 Å². The number of aryl methyl sites for hydroxylation is 1. The number of aromatic nitrogens is 1. The number of carbonyl (C=O) groups is 1. The first-order valence-electron chi connectivity index (χ1n) is 13.8. The third-order valence-electron chi connectivity index (χ3n) is 7.67. The Hall–Kier alpha value is -3.92. The molecular formula is C32H35ClN4O5. The molecule has 1 fully saturated rings. The molecule has 2 aliphatic rings. The highest BCUT2D eigenvalue weighted by molar-refractivity contribution is 6.32. The first-order valence-corrected chi connectivity index (χ1v) is 14.2. The molecule has 2 aliphatic heterocycles. The van der Waals surface area contributed by atoms with Crippen molar-refractivity contribution >= 4 is 29.6 Å². The average Bonchev–Trinajstić information content (AvgIpc) is 2.96. The summed E-state index contributed by atoms with van der Waals surface area (Å²) in [7, 11) is 1.33. The SMILES string of the molecule is CO/C(Nc1cccc(-c2cccc(C)c2OCc2ccc3c(c2Cl)CCN(CC2(C)COC2)C3)n1)=C(/C=N)C(=O)O. The standard InChI is InChI=1S/C32H35ClN4O5/c1-20-6-4-7-24(26-8-5-9-27(35-26)36-30(40-3)25(14-34)31(38)39)29(20)42-16-22-11-10-21-15-37(13-12-23(21)28(22)33)17-32(2)18-41-19-32/h4-11,14,34H,12-13,15-19H2,1-3H3,(H,35,36)(H,38,39)/b30-25-,34-14?. The molecule has 0 saturated carbocycles. The van der Waals surface area contributed by atoms with E-state index in [4.69, 9.17) is 31.2 Å². The Morgan fingerprint density at radius 3 is 2.71 bits per heavy atom. The second-order valence-corrected chi connectivity index (χ2v) is 11.5. The summed E-state index contributed by atoms with van der Waals surface area (Å²) in [4.78, 5) is 18.6. The maximum Gasteiger partial charge on any atom is 0.342 e. The Kier molecular flexibility index (Phi) is 8.82. The summed E-state index contributed by atoms with van der Waals surface area (Å²) in [6.07, 6.45) is 1.62. The van der Waals surface area contributed by atoms with Crippen LogP contribution in [0, 0.1) is 17.7 Å². The minimum absolute atomic E-state index is 0.0840. The predicted molar refractivity (Wildman–Crippen MR) is 162 cm³/mol. The Morgan fingerprint density at radius 1 is 1.24 bits per heavy atom. The number of nitrogens with one attached hydrogen (secondary N) is 2. The van der Waals surface area contributed by atoms with Crippen LogP contribution in [0.15, 0.2) is 60.0 Å². The predicted octanol–water partition coefficient (Wildman–Crippen LogP) is 5.69. The van der Waals surface area contributed by atoms with Crippen LogP contribution < -0.4 is 10.1 Å². The number of methoxy groups -OCH3 is 1. The first kappa shape index (κ1) is 29.6. The van der Waals surface area contributed by atoms with Crippen LogP contribution in [0.3, 0.4) is 0 Å². The van der Waals surface area contributed by atoms with Crippen LogP contribution in [0.1, 0.15) is 29.2 Å². The number of carboxylic acids is 1. The van der Waals surface area contributed by atoms with Gasteiger partial charge in [0, 0.05) is 42.4 Å². The zero-order valence-electron chi connectivity index (χ0n) is 24.0. The Balaban J connectivity index is 1.34. The summed E-state index contributed by atoms with van der Waals surface area (Å²) in [5, 5.41) is 20.4. The third-order valence-corrected chi connectivity index (χ3v) is 8.14. The van der Waals surface area contributed by atoms with Crippen LogP contribution in [0.25, 0.3) is 11.3 Å². The molecule has 0 atom stereocenters. The van der Waals surface area contributed by atoms with Crippen molar-refractivity contribution < 1.29 is 24.1 Å². The third kappa shape index (κ3) is 6.28. The highest BCUT2D eigenvalue weighted by Crippen LogP contribution is 2.36. The minimum Gasteiger partial charge on any atom is -0.488 e. The van der Waals surface area contributed by atoms with Gasteiger partial charge >= 0.3 is 5.97 Å². The molecule has 220 valence electrons. The maximum atomic E-state index is 11.5. The van der Waals surface area contributed by atoms with Gasteiger partial charge in [-0.05, 0) is 48.2 Å². The molecule has 0 bridgehead atoms. The van der Waals surface area contributed by atoms with E-state index in [2.05, 4.69) is 34.3 Å². The van der Waals surface area contributed by atoms with Gasteiger partial charge in [0.1, 0.15) is 23.7 Å². The van der Waals surface area contributed by atoms with E-state index in [-0.39, 0.29) is 16.9 Å². The fourth-order valence-electron chi connectivity index (χ4n) is 5.47. The van der Waals surface area contributed by atoms with Crippen LogP contribution >= 0.6 is 11.6 Å². The molecule has 3 heterocycles. The van der Waals surface area contributed by atoms with E-state index >= 15 is 0 Å². The van der Waals surface area contributed by atoms with Crippen molar-refractivity contribution in [3.8, 4) is 17.0 Å². The minimum atomic E-state index is -1.28. The van der Waals surface area contributed by atoms with Gasteiger partial charge in [-0.2, -0.15) is 0 Å². The zero-order valence-corrected chi connectivity index (χ0v) is 24.8. The van der Waals surface area contributed by atoms with Gasteiger partial charge in [-0.15, -0.1) is 0 Å². The van der Waals surface area contributed by atoms with Gasteiger partial charge in [-0.3, -0.25) is 4.90 Å². The second-order valence-electron chi connectivity index (χ2n) is 11.1. The Labute approximate surface area is 250 Å². The number of ether oxygens (including phenoxy) is 3. The molecule has 1 saturated heterocycles. The van der Waals surface area contributed by atoms with Crippen molar-refractivity contribution in [2.45, 2.75) is 33.4 Å². The van der Waals surface area contributed by atoms with Crippen LogP contribution in [-0.2, 0) is 33.8 Å². The molecule has 2 aromatic carbocycles. The van der Waals surface area contributed by atoms with Gasteiger partial charge in [-0.1, -0.05) is 48.9 Å². The van der Waals surface area contributed by atoms with Crippen molar-refractivity contribution in [3.63, 3.8) is 0 Å². The highest BCUT2D eigenvalue weighted by atomic mass is 35.5. The number of aliphatic carboxylic acids is 1. The number of carboxylic acid groups (broad SMARTS) is 1. The number of pyridine rings is 1. The van der Waals surface area contributed by atoms with E-state index in [0.29, 0.717) is 23.9 Å². The second kappa shape index (κ2) is 12.5. The lowest BCUT2D eigenvalue weighted by atomic mass is 9.87. The molecular weight excluding hydrogens is 556 g/mol. The number of fused-ring (bicyclic) bond motifs is 1. The molecule has 0 radical (unpaired) electrons. The van der Waals surface area contributed by atoms with Crippen LogP contribution in [-0.4, -0.2) is 60.6 Å². The van der Waals surface area contributed by atoms with Crippen molar-refractivity contribution in [3.05, 3.63) is 87.3 Å². The number of halogens is 1. The highest BCUT2D eigenvalue weighted by Gasteiger charge is 2.36. The van der Waals surface area contributed by atoms with Crippen LogP contribution in [0.5, 0.6) is 5.75 Å². The molecule has 10 heteroatoms. The van der Waals surface area contributed by atoms with Crippen LogP contribution in [0.2, 0.25) is 5.02 Å². The van der Waals surface area contributed by atoms with E-state index in [1.807, 2.05) is 31.2 Å². The smallest absolute Gasteiger partial charge is 0.342 e. The fourth-order valence-corrected chi connectivity index (χ4v) is 5.80. The lowest BCUT2D eigenvalue weighted by Crippen LogP contribution is -2.49. The van der Waals surface area contributed by atoms with Gasteiger partial charge in [0.25, 0.3) is 0 Å². The molecule has 9 nitrogen and oxygen atoms in total. The summed E-state index contributed by atoms with van der Waals surface area (Å²) in [5.74, 6) is -0.315. The zero-order chi connectivity index (χ0) is 29.9. The van der Waals surface area contributed by atoms with E-state index in [0.717, 1.165) is 67.2 Å². The normalized spacial score (nSPS) is 16.5. The monoisotopic (exact) mass is 590 g/mol. The molecule has 5 rings (SSSR count). The lowest BCUT2D eigenvalue weighted by Gasteiger charge is -2.43. The summed E-state index contributed by atoms with van der Waals surface area (Å²) in [6, 6.07) is 15.4. The molecule has 3 aromatic rings. The number of benzene rings is 2. The van der Waals surface area contributed by atoms with E-state index in [1.54, 1.807) is 12.1 Å². The fraction of sp³-hybridized carbons (Fsp3) is 0.344. The van der Waals surface area contributed by atoms with Gasteiger partial charge in [-0.25, -0.2) is 9.78 Å². The summed E-state index contributed by atoms with van der Waals surface area (Å²) in [6.45, 7) is 9.10. The number of rotatable bonds is 11. The van der Waals surface area contributed by atoms with Crippen molar-refractivity contribution in [1.29, 1.82) is 5.41 Å². The average molecular weight is 591 g/mol. The number of anilines is 1. The van der Waals surface area contributed by atoms with Crippen molar-refractivity contribution in [1.82, 2.24) is 9.88 Å². The Morgan fingerprint density at radius 2 is 2.02 bits per heavy atom. The molecule has 0 aliphatic carbocycles. The lowest BCUT2D eigenvalue weighted by molar-refractivity contribution is -0.132. The summed E-state index contributed by atoms with van der Waals surface area (Å²) >= 11 is 6.94. The summed E-state index contributed by atoms with van der Waals surface area (Å²) < 4.78 is 17.0. The van der Waals surface area contributed by atoms with Crippen LogP contribution in [0.4, 0.5) is 5.82 Å². The quantitative estimate of drug-likeness (QED) is 0.148. The van der Waals surface area contributed by atoms with E-state index in [1.165, 1.54) is 18.2 Å². The number of hydrogen-bond donors (Lipinski definition) is 3. The molecule has 0 spiro atoms. The molecule has 1 aromatic heterocycles. The molecule has 0 unspecified atom stereocenters. The van der Waals surface area contributed by atoms with Crippen molar-refractivity contribution in [2.24, 2.45) is 5.41 Å². The Bertz CT molecular complexity index is 1540. The van der Waals surface area contributed by atoms with E-state index < -0.39 is 5.97 Å².